The summed E-state index contributed by atoms with van der Waals surface area (Å²) in [4.78, 5) is 24.7. The molecule has 2 heterocycles. The predicted octanol–water partition coefficient (Wildman–Crippen LogP) is 3.91. The van der Waals surface area contributed by atoms with Gasteiger partial charge in [-0.25, -0.2) is 9.34 Å². The molecule has 2 fully saturated rings. The van der Waals surface area contributed by atoms with Gasteiger partial charge in [-0.05, 0) is 42.8 Å². The third-order valence-electron chi connectivity index (χ3n) is 5.22. The molecule has 11 heteroatoms. The minimum atomic E-state index is -3.05. The summed E-state index contributed by atoms with van der Waals surface area (Å²) in [7, 11) is 0.227. The van der Waals surface area contributed by atoms with Gasteiger partial charge in [0.15, 0.2) is 0 Å². The molecule has 1 unspecified atom stereocenters. The maximum Gasteiger partial charge on any atom is 0.346 e. The fourth-order valence-electron chi connectivity index (χ4n) is 3.27. The maximum absolute atomic E-state index is 13.3. The summed E-state index contributed by atoms with van der Waals surface area (Å²) < 4.78 is 28.7. The number of ether oxygens (including phenoxy) is 1. The van der Waals surface area contributed by atoms with Crippen molar-refractivity contribution >= 4 is 19.3 Å². The van der Waals surface area contributed by atoms with Crippen LogP contribution in [-0.4, -0.2) is 65.3 Å². The molecule has 1 atom stereocenters. The molecule has 4 rings (SSSR count). The average Bonchev–Trinajstić information content (AvgIpc) is 3.65. The molecule has 0 saturated carbocycles. The number of nitro groups is 1. The lowest BCUT2D eigenvalue weighted by molar-refractivity contribution is -0.385. The van der Waals surface area contributed by atoms with Gasteiger partial charge < -0.3 is 9.64 Å². The van der Waals surface area contributed by atoms with Crippen molar-refractivity contribution in [2.24, 2.45) is 0 Å². The van der Waals surface area contributed by atoms with Gasteiger partial charge in [0.2, 0.25) is 5.75 Å². The van der Waals surface area contributed by atoms with Gasteiger partial charge in [0.1, 0.15) is 5.75 Å². The van der Waals surface area contributed by atoms with Gasteiger partial charge in [0.25, 0.3) is 5.91 Å². The summed E-state index contributed by atoms with van der Waals surface area (Å²) in [5, 5.41) is 11.6. The molecule has 10 nitrogen and oxygen atoms in total. The van der Waals surface area contributed by atoms with Crippen LogP contribution < -0.4 is 4.74 Å². The Morgan fingerprint density at radius 1 is 1.12 bits per heavy atom. The molecule has 2 aromatic carbocycles. The molecular weight excluding hydrogens is 435 g/mol. The summed E-state index contributed by atoms with van der Waals surface area (Å²) in [6.07, 6.45) is -0.563. The molecule has 0 spiro atoms. The Balaban J connectivity index is 1.60. The smallest absolute Gasteiger partial charge is 0.346 e. The SMILES string of the molecule is CC(OP(=O)(N1CC1)N1CC1)c1ccc([N+](=O)[O-])c(Oc2cccc(C(=O)N(C)C)c2)c1. The van der Waals surface area contributed by atoms with E-state index in [1.54, 1.807) is 45.3 Å². The number of carbonyl (C=O) groups is 1. The summed E-state index contributed by atoms with van der Waals surface area (Å²) in [5.74, 6) is 0.109. The highest BCUT2D eigenvalue weighted by atomic mass is 31.2. The van der Waals surface area contributed by atoms with E-state index in [0.29, 0.717) is 16.9 Å². The van der Waals surface area contributed by atoms with Crippen molar-refractivity contribution in [3.8, 4) is 11.5 Å². The van der Waals surface area contributed by atoms with E-state index in [1.165, 1.54) is 23.1 Å². The summed E-state index contributed by atoms with van der Waals surface area (Å²) in [6, 6.07) is 10.9. The summed E-state index contributed by atoms with van der Waals surface area (Å²) >= 11 is 0. The van der Waals surface area contributed by atoms with Crippen molar-refractivity contribution in [2.45, 2.75) is 13.0 Å². The van der Waals surface area contributed by atoms with Crippen LogP contribution in [0.15, 0.2) is 42.5 Å². The molecule has 1 amide bonds. The lowest BCUT2D eigenvalue weighted by Crippen LogP contribution is -2.21. The number of nitro benzene ring substituents is 1. The van der Waals surface area contributed by atoms with Crippen molar-refractivity contribution < 1.29 is 23.5 Å². The van der Waals surface area contributed by atoms with E-state index in [-0.39, 0.29) is 17.3 Å². The predicted molar refractivity (Wildman–Crippen MR) is 118 cm³/mol. The average molecular weight is 460 g/mol. The largest absolute Gasteiger partial charge is 0.450 e. The molecule has 0 bridgehead atoms. The van der Waals surface area contributed by atoms with E-state index < -0.39 is 18.7 Å². The Morgan fingerprint density at radius 3 is 2.34 bits per heavy atom. The molecule has 2 saturated heterocycles. The van der Waals surface area contributed by atoms with Crippen LogP contribution in [0.4, 0.5) is 5.69 Å². The maximum atomic E-state index is 13.3. The monoisotopic (exact) mass is 460 g/mol. The minimum absolute atomic E-state index is 0.0192. The first-order valence-electron chi connectivity index (χ1n) is 10.3. The van der Waals surface area contributed by atoms with Crippen molar-refractivity contribution in [2.75, 3.05) is 40.3 Å². The molecule has 2 aliphatic rings. The van der Waals surface area contributed by atoms with Gasteiger partial charge in [-0.3, -0.25) is 24.0 Å². The van der Waals surface area contributed by atoms with Gasteiger partial charge in [-0.2, -0.15) is 0 Å². The molecular formula is C21H25N4O6P. The van der Waals surface area contributed by atoms with E-state index in [0.717, 1.165) is 26.2 Å². The molecule has 2 aliphatic heterocycles. The Bertz CT molecular complexity index is 1080. The van der Waals surface area contributed by atoms with Crippen LogP contribution in [-0.2, 0) is 9.09 Å². The number of carbonyl (C=O) groups excluding carboxylic acids is 1. The zero-order chi connectivity index (χ0) is 23.0. The number of nitrogens with zero attached hydrogens (tertiary/aromatic N) is 4. The normalized spacial score (nSPS) is 17.0. The lowest BCUT2D eigenvalue weighted by atomic mass is 10.1. The summed E-state index contributed by atoms with van der Waals surface area (Å²) in [6.45, 7) is 4.70. The van der Waals surface area contributed by atoms with E-state index in [1.807, 2.05) is 9.34 Å². The number of amides is 1. The zero-order valence-electron chi connectivity index (χ0n) is 18.1. The highest BCUT2D eigenvalue weighted by Crippen LogP contribution is 2.63. The van der Waals surface area contributed by atoms with Gasteiger partial charge in [-0.1, -0.05) is 6.07 Å². The molecule has 0 N–H and O–H groups in total. The van der Waals surface area contributed by atoms with Crippen LogP contribution in [0.25, 0.3) is 0 Å². The number of hydrogen-bond donors (Lipinski definition) is 0. The zero-order valence-corrected chi connectivity index (χ0v) is 19.0. The van der Waals surface area contributed by atoms with Crippen LogP contribution in [0, 0.1) is 10.1 Å². The van der Waals surface area contributed by atoms with Gasteiger partial charge in [0, 0.05) is 51.9 Å². The van der Waals surface area contributed by atoms with Crippen LogP contribution in [0.5, 0.6) is 11.5 Å². The Labute approximate surface area is 186 Å². The van der Waals surface area contributed by atoms with E-state index in [9.17, 15) is 19.5 Å². The van der Waals surface area contributed by atoms with Crippen LogP contribution in [0.3, 0.4) is 0 Å². The van der Waals surface area contributed by atoms with E-state index in [4.69, 9.17) is 9.26 Å². The number of benzene rings is 2. The third-order valence-corrected chi connectivity index (χ3v) is 8.04. The summed E-state index contributed by atoms with van der Waals surface area (Å²) in [5.41, 5.74) is 0.793. The second kappa shape index (κ2) is 8.63. The number of hydrogen-bond acceptors (Lipinski definition) is 6. The van der Waals surface area contributed by atoms with Gasteiger partial charge in [0.05, 0.1) is 11.0 Å². The van der Waals surface area contributed by atoms with Gasteiger partial charge >= 0.3 is 13.4 Å². The molecule has 0 aromatic heterocycles. The van der Waals surface area contributed by atoms with Crippen LogP contribution >= 0.6 is 7.67 Å². The Kier molecular flexibility index (Phi) is 6.05. The van der Waals surface area contributed by atoms with Gasteiger partial charge in [-0.15, -0.1) is 0 Å². The second-order valence-electron chi connectivity index (χ2n) is 7.96. The Hall–Kier alpha value is -2.78. The molecule has 32 heavy (non-hydrogen) atoms. The van der Waals surface area contributed by atoms with E-state index >= 15 is 0 Å². The van der Waals surface area contributed by atoms with E-state index in [2.05, 4.69) is 0 Å². The third kappa shape index (κ3) is 4.68. The fourth-order valence-corrected chi connectivity index (χ4v) is 5.62. The minimum Gasteiger partial charge on any atom is -0.450 e. The second-order valence-corrected chi connectivity index (χ2v) is 10.3. The standard InChI is InChI=1S/C21H25N4O6P/c1-15(31-32(29,23-9-10-23)24-11-12-24)16-7-8-19(25(27)28)20(14-16)30-18-6-4-5-17(13-18)21(26)22(2)3/h4-8,13-15H,9-12H2,1-3H3. The fraction of sp³-hybridized carbons (Fsp3) is 0.381. The first kappa shape index (κ1) is 22.4. The molecule has 0 radical (unpaired) electrons. The number of rotatable bonds is 9. The topological polar surface area (TPSA) is 105 Å². The first-order chi connectivity index (χ1) is 15.2. The molecule has 0 aliphatic carbocycles. The van der Waals surface area contributed by atoms with Crippen molar-refractivity contribution in [1.82, 2.24) is 14.2 Å². The Morgan fingerprint density at radius 2 is 1.78 bits per heavy atom. The van der Waals surface area contributed by atoms with Crippen molar-refractivity contribution in [1.29, 1.82) is 0 Å². The van der Waals surface area contributed by atoms with Crippen LogP contribution in [0.2, 0.25) is 0 Å². The highest BCUT2D eigenvalue weighted by molar-refractivity contribution is 7.54. The van der Waals surface area contributed by atoms with Crippen molar-refractivity contribution in [3.05, 3.63) is 63.7 Å². The quantitative estimate of drug-likeness (QED) is 0.240. The highest BCUT2D eigenvalue weighted by Gasteiger charge is 2.50. The molecule has 170 valence electrons. The van der Waals surface area contributed by atoms with Crippen LogP contribution in [0.1, 0.15) is 28.9 Å². The first-order valence-corrected chi connectivity index (χ1v) is 11.8. The van der Waals surface area contributed by atoms with Crippen molar-refractivity contribution in [3.63, 3.8) is 0 Å². The lowest BCUT2D eigenvalue weighted by Gasteiger charge is -2.24. The molecule has 2 aromatic rings.